The second kappa shape index (κ2) is 10.5. The van der Waals surface area contributed by atoms with Gasteiger partial charge in [-0.15, -0.1) is 0 Å². The Morgan fingerprint density at radius 2 is 1.83 bits per heavy atom. The number of amides is 1. The SMILES string of the molecule is CC[C@@H](C(=O)NCCCc1ccccc1OC)N(c1ccc(C)c(C)c1)S(C)(=O)=O. The van der Waals surface area contributed by atoms with E-state index in [0.717, 1.165) is 41.5 Å². The van der Waals surface area contributed by atoms with Gasteiger partial charge in [0.15, 0.2) is 0 Å². The van der Waals surface area contributed by atoms with Crippen LogP contribution in [0.25, 0.3) is 0 Å². The highest BCUT2D eigenvalue weighted by Gasteiger charge is 2.31. The Bertz CT molecular complexity index is 973. The Morgan fingerprint density at radius 1 is 1.13 bits per heavy atom. The number of benzene rings is 2. The molecule has 0 aliphatic heterocycles. The van der Waals surface area contributed by atoms with Crippen LogP contribution in [0.5, 0.6) is 5.75 Å². The zero-order valence-corrected chi connectivity index (χ0v) is 19.3. The monoisotopic (exact) mass is 432 g/mol. The van der Waals surface area contributed by atoms with Crippen molar-refractivity contribution in [2.75, 3.05) is 24.2 Å². The lowest BCUT2D eigenvalue weighted by Crippen LogP contribution is -2.49. The van der Waals surface area contributed by atoms with E-state index in [1.807, 2.05) is 57.2 Å². The van der Waals surface area contributed by atoms with Gasteiger partial charge in [0, 0.05) is 6.54 Å². The van der Waals surface area contributed by atoms with Gasteiger partial charge in [-0.1, -0.05) is 31.2 Å². The molecule has 164 valence electrons. The number of carbonyl (C=O) groups is 1. The van der Waals surface area contributed by atoms with E-state index in [1.165, 1.54) is 4.31 Å². The van der Waals surface area contributed by atoms with Gasteiger partial charge in [0.2, 0.25) is 15.9 Å². The normalized spacial score (nSPS) is 12.3. The summed E-state index contributed by atoms with van der Waals surface area (Å²) in [6.45, 7) is 6.17. The molecule has 1 amide bonds. The number of para-hydroxylation sites is 1. The summed E-state index contributed by atoms with van der Waals surface area (Å²) in [4.78, 5) is 12.9. The molecular weight excluding hydrogens is 400 g/mol. The van der Waals surface area contributed by atoms with E-state index in [-0.39, 0.29) is 5.91 Å². The zero-order valence-electron chi connectivity index (χ0n) is 18.4. The highest BCUT2D eigenvalue weighted by molar-refractivity contribution is 7.92. The Labute approximate surface area is 180 Å². The van der Waals surface area contributed by atoms with Crippen LogP contribution in [0, 0.1) is 13.8 Å². The Kier molecular flexibility index (Phi) is 8.29. The first-order chi connectivity index (χ1) is 14.2. The first-order valence-electron chi connectivity index (χ1n) is 10.1. The number of hydrogen-bond donors (Lipinski definition) is 1. The topological polar surface area (TPSA) is 75.7 Å². The van der Waals surface area contributed by atoms with Crippen LogP contribution in [-0.2, 0) is 21.2 Å². The molecule has 6 nitrogen and oxygen atoms in total. The van der Waals surface area contributed by atoms with Crippen molar-refractivity contribution in [2.45, 2.75) is 46.1 Å². The summed E-state index contributed by atoms with van der Waals surface area (Å²) < 4.78 is 31.7. The molecule has 1 N–H and O–H groups in total. The summed E-state index contributed by atoms with van der Waals surface area (Å²) in [5, 5.41) is 2.90. The Hall–Kier alpha value is -2.54. The van der Waals surface area contributed by atoms with Crippen LogP contribution < -0.4 is 14.4 Å². The maximum absolute atomic E-state index is 12.9. The number of methoxy groups -OCH3 is 1. The van der Waals surface area contributed by atoms with Crippen molar-refractivity contribution < 1.29 is 17.9 Å². The maximum Gasteiger partial charge on any atom is 0.243 e. The van der Waals surface area contributed by atoms with Crippen LogP contribution in [0.1, 0.15) is 36.5 Å². The fourth-order valence-electron chi connectivity index (χ4n) is 3.44. The smallest absolute Gasteiger partial charge is 0.243 e. The van der Waals surface area contributed by atoms with Crippen LogP contribution in [0.3, 0.4) is 0 Å². The maximum atomic E-state index is 12.9. The minimum absolute atomic E-state index is 0.291. The lowest BCUT2D eigenvalue weighted by molar-refractivity contribution is -0.122. The van der Waals surface area contributed by atoms with Gasteiger partial charge < -0.3 is 10.1 Å². The number of hydrogen-bond acceptors (Lipinski definition) is 4. The molecule has 0 fully saturated rings. The standard InChI is InChI=1S/C23H32N2O4S/c1-6-21(25(30(5,27)28)20-14-13-17(2)18(3)16-20)23(26)24-15-9-11-19-10-7-8-12-22(19)29-4/h7-8,10,12-14,16,21H,6,9,11,15H2,1-5H3,(H,24,26)/t21-/m0/s1. The predicted molar refractivity (Wildman–Crippen MR) is 122 cm³/mol. The third-order valence-electron chi connectivity index (χ3n) is 5.19. The molecule has 0 aromatic heterocycles. The van der Waals surface area contributed by atoms with E-state index in [9.17, 15) is 13.2 Å². The lowest BCUT2D eigenvalue weighted by atomic mass is 10.1. The molecule has 0 bridgehead atoms. The van der Waals surface area contributed by atoms with Crippen molar-refractivity contribution in [1.29, 1.82) is 0 Å². The zero-order chi connectivity index (χ0) is 22.3. The minimum Gasteiger partial charge on any atom is -0.496 e. The molecule has 2 aromatic carbocycles. The second-order valence-electron chi connectivity index (χ2n) is 7.46. The van der Waals surface area contributed by atoms with Crippen molar-refractivity contribution in [2.24, 2.45) is 0 Å². The molecule has 0 saturated carbocycles. The number of carbonyl (C=O) groups excluding carboxylic acids is 1. The van der Waals surface area contributed by atoms with Crippen LogP contribution in [0.4, 0.5) is 5.69 Å². The highest BCUT2D eigenvalue weighted by Crippen LogP contribution is 2.25. The average Bonchev–Trinajstić information content (AvgIpc) is 2.70. The largest absolute Gasteiger partial charge is 0.496 e. The molecule has 2 rings (SSSR count). The van der Waals surface area contributed by atoms with Gasteiger partial charge in [-0.3, -0.25) is 9.10 Å². The van der Waals surface area contributed by atoms with E-state index in [0.29, 0.717) is 18.7 Å². The van der Waals surface area contributed by atoms with Crippen molar-refractivity contribution in [3.8, 4) is 5.75 Å². The first-order valence-corrected chi connectivity index (χ1v) is 12.0. The van der Waals surface area contributed by atoms with Crippen LogP contribution >= 0.6 is 0 Å². The van der Waals surface area contributed by atoms with Gasteiger partial charge in [-0.25, -0.2) is 8.42 Å². The van der Waals surface area contributed by atoms with Gasteiger partial charge in [0.25, 0.3) is 0 Å². The highest BCUT2D eigenvalue weighted by atomic mass is 32.2. The molecule has 0 radical (unpaired) electrons. The van der Waals surface area contributed by atoms with E-state index in [2.05, 4.69) is 5.32 Å². The van der Waals surface area contributed by atoms with Gasteiger partial charge in [-0.2, -0.15) is 0 Å². The van der Waals surface area contributed by atoms with Gasteiger partial charge >= 0.3 is 0 Å². The van der Waals surface area contributed by atoms with E-state index in [1.54, 1.807) is 13.2 Å². The molecule has 1 atom stereocenters. The van der Waals surface area contributed by atoms with E-state index < -0.39 is 16.1 Å². The second-order valence-corrected chi connectivity index (χ2v) is 9.32. The van der Waals surface area contributed by atoms with Crippen molar-refractivity contribution in [1.82, 2.24) is 5.32 Å². The third-order valence-corrected chi connectivity index (χ3v) is 6.37. The fourth-order valence-corrected chi connectivity index (χ4v) is 4.64. The summed E-state index contributed by atoms with van der Waals surface area (Å²) in [7, 11) is -1.99. The summed E-state index contributed by atoms with van der Waals surface area (Å²) in [5.74, 6) is 0.537. The Balaban J connectivity index is 2.09. The number of rotatable bonds is 10. The molecule has 30 heavy (non-hydrogen) atoms. The van der Waals surface area contributed by atoms with Crippen molar-refractivity contribution >= 4 is 21.6 Å². The molecule has 0 aliphatic carbocycles. The molecule has 0 spiro atoms. The molecular formula is C23H32N2O4S. The van der Waals surface area contributed by atoms with Crippen molar-refractivity contribution in [3.63, 3.8) is 0 Å². The van der Waals surface area contributed by atoms with E-state index in [4.69, 9.17) is 4.74 Å². The summed E-state index contributed by atoms with van der Waals surface area (Å²) >= 11 is 0. The molecule has 0 saturated heterocycles. The van der Waals surface area contributed by atoms with Crippen molar-refractivity contribution in [3.05, 3.63) is 59.2 Å². The number of aryl methyl sites for hydroxylation is 3. The number of sulfonamides is 1. The number of anilines is 1. The van der Waals surface area contributed by atoms with E-state index >= 15 is 0 Å². The van der Waals surface area contributed by atoms with Gasteiger partial charge in [0.05, 0.1) is 19.1 Å². The van der Waals surface area contributed by atoms with Crippen LogP contribution in [-0.4, -0.2) is 40.3 Å². The lowest BCUT2D eigenvalue weighted by Gasteiger charge is -2.30. The molecule has 7 heteroatoms. The molecule has 0 aliphatic rings. The Morgan fingerprint density at radius 3 is 2.43 bits per heavy atom. The van der Waals surface area contributed by atoms with Gasteiger partial charge in [-0.05, 0) is 68.0 Å². The van der Waals surface area contributed by atoms with Gasteiger partial charge in [0.1, 0.15) is 11.8 Å². The number of nitrogens with zero attached hydrogens (tertiary/aromatic N) is 1. The average molecular weight is 433 g/mol. The summed E-state index contributed by atoms with van der Waals surface area (Å²) in [6, 6.07) is 12.4. The minimum atomic E-state index is -3.63. The fraction of sp³-hybridized carbons (Fsp3) is 0.435. The first kappa shape index (κ1) is 23.7. The quantitative estimate of drug-likeness (QED) is 0.582. The summed E-state index contributed by atoms with van der Waals surface area (Å²) in [5.41, 5.74) is 3.64. The molecule has 0 unspecified atom stereocenters. The third kappa shape index (κ3) is 5.98. The van der Waals surface area contributed by atoms with Crippen LogP contribution in [0.2, 0.25) is 0 Å². The number of nitrogens with one attached hydrogen (secondary N) is 1. The summed E-state index contributed by atoms with van der Waals surface area (Å²) in [6.07, 6.45) is 3.00. The number of ether oxygens (including phenoxy) is 1. The molecule has 2 aromatic rings. The predicted octanol–water partition coefficient (Wildman–Crippen LogP) is 3.61. The van der Waals surface area contributed by atoms with Crippen LogP contribution in [0.15, 0.2) is 42.5 Å². The molecule has 0 heterocycles.